The van der Waals surface area contributed by atoms with Crippen molar-refractivity contribution in [3.8, 4) is 11.8 Å². The second kappa shape index (κ2) is 5.54. The molecule has 0 radical (unpaired) electrons. The fourth-order valence-electron chi connectivity index (χ4n) is 1.44. The molecular formula is C12H10BrN5O. The number of anilines is 3. The number of nitrogen functional groups attached to an aromatic ring is 1. The Bertz CT molecular complexity index is 613. The molecule has 3 N–H and O–H groups in total. The number of ether oxygens (including phenoxy) is 1. The molecule has 96 valence electrons. The molecule has 0 spiro atoms. The van der Waals surface area contributed by atoms with Crippen LogP contribution in [-0.4, -0.2) is 17.1 Å². The molecular weight excluding hydrogens is 310 g/mol. The monoisotopic (exact) mass is 319 g/mol. The van der Waals surface area contributed by atoms with Gasteiger partial charge < -0.3 is 15.8 Å². The number of aromatic nitrogens is 2. The van der Waals surface area contributed by atoms with Crippen molar-refractivity contribution in [2.75, 3.05) is 18.2 Å². The highest BCUT2D eigenvalue weighted by molar-refractivity contribution is 9.10. The van der Waals surface area contributed by atoms with Crippen molar-refractivity contribution in [3.05, 3.63) is 34.4 Å². The first-order valence-electron chi connectivity index (χ1n) is 5.28. The van der Waals surface area contributed by atoms with Crippen molar-refractivity contribution in [1.82, 2.24) is 9.97 Å². The number of halogens is 1. The average Bonchev–Trinajstić information content (AvgIpc) is 2.39. The molecule has 2 rings (SSSR count). The van der Waals surface area contributed by atoms with E-state index in [2.05, 4.69) is 31.2 Å². The van der Waals surface area contributed by atoms with Crippen molar-refractivity contribution < 1.29 is 4.74 Å². The van der Waals surface area contributed by atoms with Gasteiger partial charge in [0.15, 0.2) is 16.2 Å². The van der Waals surface area contributed by atoms with Gasteiger partial charge in [-0.1, -0.05) is 0 Å². The quantitative estimate of drug-likeness (QED) is 0.843. The summed E-state index contributed by atoms with van der Waals surface area (Å²) in [5, 5.41) is 11.7. The maximum absolute atomic E-state index is 8.72. The second-order valence-corrected chi connectivity index (χ2v) is 4.32. The highest BCUT2D eigenvalue weighted by Crippen LogP contribution is 2.29. The lowest BCUT2D eigenvalue weighted by Gasteiger charge is -2.09. The van der Waals surface area contributed by atoms with Crippen LogP contribution in [0.25, 0.3) is 0 Å². The van der Waals surface area contributed by atoms with Gasteiger partial charge in [0.05, 0.1) is 18.7 Å². The number of methoxy groups -OCH3 is 1. The Morgan fingerprint density at radius 3 is 2.53 bits per heavy atom. The van der Waals surface area contributed by atoms with Gasteiger partial charge in [0.1, 0.15) is 0 Å². The Kier molecular flexibility index (Phi) is 3.82. The van der Waals surface area contributed by atoms with Crippen LogP contribution in [0.1, 0.15) is 5.56 Å². The van der Waals surface area contributed by atoms with E-state index in [1.165, 1.54) is 7.11 Å². The smallest absolute Gasteiger partial charge is 0.230 e. The minimum atomic E-state index is 0.237. The molecule has 6 nitrogen and oxygen atoms in total. The molecule has 0 fully saturated rings. The SMILES string of the molecule is COc1c(N)nc(Nc2ccc(C#N)cc2)nc1Br. The van der Waals surface area contributed by atoms with Crippen LogP contribution in [0.5, 0.6) is 5.75 Å². The van der Waals surface area contributed by atoms with Crippen LogP contribution >= 0.6 is 15.9 Å². The van der Waals surface area contributed by atoms with Crippen molar-refractivity contribution >= 4 is 33.4 Å². The maximum atomic E-state index is 8.72. The number of nitriles is 1. The number of hydrogen-bond acceptors (Lipinski definition) is 6. The molecule has 0 aliphatic heterocycles. The zero-order valence-electron chi connectivity index (χ0n) is 10.0. The van der Waals surface area contributed by atoms with Crippen LogP contribution in [0.3, 0.4) is 0 Å². The van der Waals surface area contributed by atoms with E-state index in [1.807, 2.05) is 6.07 Å². The molecule has 0 unspecified atom stereocenters. The molecule has 19 heavy (non-hydrogen) atoms. The first-order valence-corrected chi connectivity index (χ1v) is 6.07. The molecule has 1 heterocycles. The number of nitrogens with one attached hydrogen (secondary N) is 1. The molecule has 1 aromatic carbocycles. The zero-order valence-corrected chi connectivity index (χ0v) is 11.6. The predicted octanol–water partition coefficient (Wildman–Crippen LogP) is 2.45. The van der Waals surface area contributed by atoms with E-state index in [4.69, 9.17) is 15.7 Å². The standard InChI is InChI=1S/C12H10BrN5O/c1-19-9-10(13)17-12(18-11(9)15)16-8-4-2-7(6-14)3-5-8/h2-5H,1H3,(H3,15,16,17,18). The van der Waals surface area contributed by atoms with Crippen molar-refractivity contribution in [2.24, 2.45) is 0 Å². The summed E-state index contributed by atoms with van der Waals surface area (Å²) in [4.78, 5) is 8.25. The topological polar surface area (TPSA) is 96.9 Å². The Morgan fingerprint density at radius 2 is 2.00 bits per heavy atom. The predicted molar refractivity (Wildman–Crippen MR) is 75.1 cm³/mol. The average molecular weight is 320 g/mol. The number of benzene rings is 1. The Balaban J connectivity index is 2.26. The van der Waals surface area contributed by atoms with E-state index in [-0.39, 0.29) is 5.82 Å². The summed E-state index contributed by atoms with van der Waals surface area (Å²) in [6.07, 6.45) is 0. The fourth-order valence-corrected chi connectivity index (χ4v) is 1.97. The van der Waals surface area contributed by atoms with E-state index in [1.54, 1.807) is 24.3 Å². The van der Waals surface area contributed by atoms with Gasteiger partial charge >= 0.3 is 0 Å². The van der Waals surface area contributed by atoms with Gasteiger partial charge in [-0.15, -0.1) is 0 Å². The van der Waals surface area contributed by atoms with Gasteiger partial charge in [-0.2, -0.15) is 10.2 Å². The van der Waals surface area contributed by atoms with Crippen LogP contribution in [-0.2, 0) is 0 Å². The molecule has 0 aliphatic rings. The normalized spacial score (nSPS) is 9.74. The third-order valence-electron chi connectivity index (χ3n) is 2.32. The van der Waals surface area contributed by atoms with E-state index in [0.717, 1.165) is 5.69 Å². The minimum absolute atomic E-state index is 0.237. The number of rotatable bonds is 3. The fraction of sp³-hybridized carbons (Fsp3) is 0.0833. The summed E-state index contributed by atoms with van der Waals surface area (Å²) in [5.41, 5.74) is 7.09. The molecule has 0 amide bonds. The van der Waals surface area contributed by atoms with Gasteiger partial charge in [-0.05, 0) is 40.2 Å². The third-order valence-corrected chi connectivity index (χ3v) is 2.86. The van der Waals surface area contributed by atoms with Gasteiger partial charge in [-0.25, -0.2) is 4.98 Å². The van der Waals surface area contributed by atoms with Crippen LogP contribution < -0.4 is 15.8 Å². The Hall–Kier alpha value is -2.33. The molecule has 1 aromatic heterocycles. The van der Waals surface area contributed by atoms with E-state index in [0.29, 0.717) is 21.9 Å². The summed E-state index contributed by atoms with van der Waals surface area (Å²) < 4.78 is 5.52. The maximum Gasteiger partial charge on any atom is 0.230 e. The molecule has 7 heteroatoms. The summed E-state index contributed by atoms with van der Waals surface area (Å²) in [6, 6.07) is 8.97. The zero-order chi connectivity index (χ0) is 13.8. The number of hydrogen-bond donors (Lipinski definition) is 2. The lowest BCUT2D eigenvalue weighted by molar-refractivity contribution is 0.410. The molecule has 0 saturated heterocycles. The van der Waals surface area contributed by atoms with Crippen LogP contribution in [0.15, 0.2) is 28.9 Å². The number of nitrogens with zero attached hydrogens (tertiary/aromatic N) is 3. The van der Waals surface area contributed by atoms with Crippen molar-refractivity contribution in [2.45, 2.75) is 0 Å². The summed E-state index contributed by atoms with van der Waals surface area (Å²) >= 11 is 3.26. The molecule has 0 aliphatic carbocycles. The summed E-state index contributed by atoms with van der Waals surface area (Å²) in [5.74, 6) is 0.973. The summed E-state index contributed by atoms with van der Waals surface area (Å²) in [7, 11) is 1.49. The van der Waals surface area contributed by atoms with Gasteiger partial charge in [0.25, 0.3) is 0 Å². The van der Waals surface area contributed by atoms with Gasteiger partial charge in [-0.3, -0.25) is 0 Å². The van der Waals surface area contributed by atoms with Gasteiger partial charge in [0, 0.05) is 5.69 Å². The van der Waals surface area contributed by atoms with Crippen LogP contribution in [0, 0.1) is 11.3 Å². The van der Waals surface area contributed by atoms with E-state index in [9.17, 15) is 0 Å². The van der Waals surface area contributed by atoms with Crippen molar-refractivity contribution in [1.29, 1.82) is 5.26 Å². The minimum Gasteiger partial charge on any atom is -0.490 e. The summed E-state index contributed by atoms with van der Waals surface area (Å²) in [6.45, 7) is 0. The highest BCUT2D eigenvalue weighted by atomic mass is 79.9. The first kappa shape index (κ1) is 13.1. The lowest BCUT2D eigenvalue weighted by Crippen LogP contribution is -2.03. The molecule has 0 atom stereocenters. The molecule has 0 bridgehead atoms. The highest BCUT2D eigenvalue weighted by Gasteiger charge is 2.10. The molecule has 2 aromatic rings. The Morgan fingerprint density at radius 1 is 1.32 bits per heavy atom. The van der Waals surface area contributed by atoms with E-state index >= 15 is 0 Å². The van der Waals surface area contributed by atoms with Crippen LogP contribution in [0.4, 0.5) is 17.5 Å². The third kappa shape index (κ3) is 2.92. The van der Waals surface area contributed by atoms with Crippen LogP contribution in [0.2, 0.25) is 0 Å². The number of nitrogens with two attached hydrogens (primary N) is 1. The molecule has 0 saturated carbocycles. The first-order chi connectivity index (χ1) is 9.13. The second-order valence-electron chi connectivity index (χ2n) is 3.57. The van der Waals surface area contributed by atoms with Crippen molar-refractivity contribution in [3.63, 3.8) is 0 Å². The van der Waals surface area contributed by atoms with E-state index < -0.39 is 0 Å². The lowest BCUT2D eigenvalue weighted by atomic mass is 10.2. The Labute approximate surface area is 118 Å². The largest absolute Gasteiger partial charge is 0.490 e. The van der Waals surface area contributed by atoms with Gasteiger partial charge in [0.2, 0.25) is 5.95 Å².